The van der Waals surface area contributed by atoms with Crippen LogP contribution >= 0.6 is 15.9 Å². The zero-order valence-corrected chi connectivity index (χ0v) is 11.6. The molecule has 0 aliphatic heterocycles. The van der Waals surface area contributed by atoms with E-state index in [1.807, 2.05) is 31.2 Å². The highest BCUT2D eigenvalue weighted by Crippen LogP contribution is 2.08. The Kier molecular flexibility index (Phi) is 3.81. The summed E-state index contributed by atoms with van der Waals surface area (Å²) in [4.78, 5) is 16.1. The predicted octanol–water partition coefficient (Wildman–Crippen LogP) is 2.14. The summed E-state index contributed by atoms with van der Waals surface area (Å²) >= 11 is 3.20. The maximum absolute atomic E-state index is 11.9. The van der Waals surface area contributed by atoms with E-state index in [0.717, 1.165) is 23.5 Å². The van der Waals surface area contributed by atoms with Crippen LogP contribution in [-0.2, 0) is 13.0 Å². The van der Waals surface area contributed by atoms with Crippen LogP contribution in [-0.4, -0.2) is 9.55 Å². The lowest BCUT2D eigenvalue weighted by Gasteiger charge is -2.09. The van der Waals surface area contributed by atoms with Gasteiger partial charge in [0.05, 0.1) is 0 Å². The molecule has 0 saturated carbocycles. The summed E-state index contributed by atoms with van der Waals surface area (Å²) in [6.45, 7) is 2.44. The van der Waals surface area contributed by atoms with Crippen LogP contribution in [0.2, 0.25) is 0 Å². The number of rotatable bonds is 3. The van der Waals surface area contributed by atoms with Crippen molar-refractivity contribution in [3.63, 3.8) is 0 Å². The number of benzene rings is 1. The van der Waals surface area contributed by atoms with Gasteiger partial charge in [-0.1, -0.05) is 12.1 Å². The summed E-state index contributed by atoms with van der Waals surface area (Å²) in [7, 11) is 0. The van der Waals surface area contributed by atoms with Crippen LogP contribution in [0.3, 0.4) is 0 Å². The van der Waals surface area contributed by atoms with E-state index in [2.05, 4.69) is 20.9 Å². The molecule has 0 fully saturated rings. The molecule has 0 bridgehead atoms. The summed E-state index contributed by atoms with van der Waals surface area (Å²) in [6.07, 6.45) is 2.32. The minimum Gasteiger partial charge on any atom is -0.399 e. The van der Waals surface area contributed by atoms with Crippen molar-refractivity contribution in [3.05, 3.63) is 56.7 Å². The number of nitrogens with zero attached hydrogens (tertiary/aromatic N) is 2. The molecule has 1 aromatic carbocycles. The fourth-order valence-electron chi connectivity index (χ4n) is 1.74. The molecular formula is C13H14BrN3O. The lowest BCUT2D eigenvalue weighted by molar-refractivity contribution is 0.626. The Morgan fingerprint density at radius 2 is 2.00 bits per heavy atom. The van der Waals surface area contributed by atoms with Crippen molar-refractivity contribution in [2.75, 3.05) is 5.73 Å². The van der Waals surface area contributed by atoms with Gasteiger partial charge in [-0.05, 0) is 47.0 Å². The van der Waals surface area contributed by atoms with Crippen LogP contribution in [0.1, 0.15) is 11.4 Å². The summed E-state index contributed by atoms with van der Waals surface area (Å²) in [5.74, 6) is 0.721. The zero-order chi connectivity index (χ0) is 13.1. The molecule has 4 nitrogen and oxygen atoms in total. The molecule has 0 spiro atoms. The van der Waals surface area contributed by atoms with Gasteiger partial charge in [0.2, 0.25) is 0 Å². The van der Waals surface area contributed by atoms with Crippen molar-refractivity contribution in [1.82, 2.24) is 9.55 Å². The SMILES string of the molecule is Cc1ncc(Br)c(=O)n1CCc1ccc(N)cc1. The fraction of sp³-hybridized carbons (Fsp3) is 0.231. The van der Waals surface area contributed by atoms with Crippen LogP contribution in [0.15, 0.2) is 39.7 Å². The standard InChI is InChI=1S/C13H14BrN3O/c1-9-16-8-12(14)13(18)17(9)7-6-10-2-4-11(15)5-3-10/h2-5,8H,6-7,15H2,1H3. The van der Waals surface area contributed by atoms with Gasteiger partial charge in [-0.2, -0.15) is 0 Å². The first-order valence-electron chi connectivity index (χ1n) is 5.64. The Hall–Kier alpha value is -1.62. The molecule has 1 heterocycles. The van der Waals surface area contributed by atoms with Crippen molar-refractivity contribution in [1.29, 1.82) is 0 Å². The molecule has 18 heavy (non-hydrogen) atoms. The van der Waals surface area contributed by atoms with Crippen LogP contribution in [0.4, 0.5) is 5.69 Å². The molecule has 0 amide bonds. The van der Waals surface area contributed by atoms with Crippen molar-refractivity contribution < 1.29 is 0 Å². The van der Waals surface area contributed by atoms with Gasteiger partial charge in [-0.15, -0.1) is 0 Å². The highest BCUT2D eigenvalue weighted by atomic mass is 79.9. The maximum atomic E-state index is 11.9. The average molecular weight is 308 g/mol. The van der Waals surface area contributed by atoms with Crippen LogP contribution in [0, 0.1) is 6.92 Å². The van der Waals surface area contributed by atoms with Gasteiger partial charge in [0.15, 0.2) is 0 Å². The summed E-state index contributed by atoms with van der Waals surface area (Å²) < 4.78 is 2.16. The molecule has 94 valence electrons. The first-order chi connectivity index (χ1) is 8.58. The average Bonchev–Trinajstić information content (AvgIpc) is 2.36. The highest BCUT2D eigenvalue weighted by Gasteiger charge is 2.05. The minimum absolute atomic E-state index is 0.0436. The van der Waals surface area contributed by atoms with Crippen LogP contribution < -0.4 is 11.3 Å². The molecule has 2 rings (SSSR count). The zero-order valence-electron chi connectivity index (χ0n) is 10.1. The van der Waals surface area contributed by atoms with E-state index in [0.29, 0.717) is 11.0 Å². The fourth-order valence-corrected chi connectivity index (χ4v) is 2.06. The first kappa shape index (κ1) is 12.8. The molecule has 2 N–H and O–H groups in total. The van der Waals surface area contributed by atoms with Gasteiger partial charge in [-0.25, -0.2) is 4.98 Å². The smallest absolute Gasteiger partial charge is 0.267 e. The molecule has 2 aromatic rings. The van der Waals surface area contributed by atoms with E-state index in [4.69, 9.17) is 5.73 Å². The van der Waals surface area contributed by atoms with Gasteiger partial charge in [0, 0.05) is 18.4 Å². The lowest BCUT2D eigenvalue weighted by atomic mass is 10.1. The summed E-state index contributed by atoms with van der Waals surface area (Å²) in [5, 5.41) is 0. The number of aromatic nitrogens is 2. The Morgan fingerprint density at radius 3 is 2.67 bits per heavy atom. The number of nitrogens with two attached hydrogens (primary N) is 1. The molecule has 0 aliphatic carbocycles. The second-order valence-electron chi connectivity index (χ2n) is 4.10. The summed E-state index contributed by atoms with van der Waals surface area (Å²) in [5.41, 5.74) is 7.48. The third-order valence-electron chi connectivity index (χ3n) is 2.81. The van der Waals surface area contributed by atoms with Crippen LogP contribution in [0.5, 0.6) is 0 Å². The van der Waals surface area contributed by atoms with Gasteiger partial charge in [-0.3, -0.25) is 9.36 Å². The Bertz CT molecular complexity index is 605. The predicted molar refractivity (Wildman–Crippen MR) is 75.5 cm³/mol. The molecule has 1 aromatic heterocycles. The normalized spacial score (nSPS) is 10.6. The van der Waals surface area contributed by atoms with Crippen molar-refractivity contribution >= 4 is 21.6 Å². The third kappa shape index (κ3) is 2.79. The number of anilines is 1. The molecule has 0 atom stereocenters. The number of hydrogen-bond acceptors (Lipinski definition) is 3. The number of aryl methyl sites for hydroxylation is 2. The van der Waals surface area contributed by atoms with Crippen molar-refractivity contribution in [3.8, 4) is 0 Å². The summed E-state index contributed by atoms with van der Waals surface area (Å²) in [6, 6.07) is 7.68. The topological polar surface area (TPSA) is 60.9 Å². The third-order valence-corrected chi connectivity index (χ3v) is 3.35. The van der Waals surface area contributed by atoms with Gasteiger partial charge in [0.25, 0.3) is 5.56 Å². The quantitative estimate of drug-likeness (QED) is 0.884. The van der Waals surface area contributed by atoms with Gasteiger partial charge in [0.1, 0.15) is 10.3 Å². The largest absolute Gasteiger partial charge is 0.399 e. The minimum atomic E-state index is -0.0436. The second-order valence-corrected chi connectivity index (χ2v) is 4.96. The molecular weight excluding hydrogens is 294 g/mol. The van der Waals surface area contributed by atoms with E-state index < -0.39 is 0 Å². The monoisotopic (exact) mass is 307 g/mol. The maximum Gasteiger partial charge on any atom is 0.267 e. The van der Waals surface area contributed by atoms with E-state index in [-0.39, 0.29) is 5.56 Å². The number of hydrogen-bond donors (Lipinski definition) is 1. The first-order valence-corrected chi connectivity index (χ1v) is 6.43. The van der Waals surface area contributed by atoms with Crippen molar-refractivity contribution in [2.45, 2.75) is 19.9 Å². The van der Waals surface area contributed by atoms with E-state index in [1.54, 1.807) is 4.57 Å². The highest BCUT2D eigenvalue weighted by molar-refractivity contribution is 9.10. The molecule has 0 aliphatic rings. The Morgan fingerprint density at radius 1 is 1.33 bits per heavy atom. The van der Waals surface area contributed by atoms with E-state index >= 15 is 0 Å². The molecule has 5 heteroatoms. The van der Waals surface area contributed by atoms with Gasteiger partial charge >= 0.3 is 0 Å². The van der Waals surface area contributed by atoms with Crippen molar-refractivity contribution in [2.24, 2.45) is 0 Å². The molecule has 0 saturated heterocycles. The lowest BCUT2D eigenvalue weighted by Crippen LogP contribution is -2.24. The van der Waals surface area contributed by atoms with Crippen LogP contribution in [0.25, 0.3) is 0 Å². The molecule has 0 unspecified atom stereocenters. The number of halogens is 1. The molecule has 0 radical (unpaired) electrons. The van der Waals surface area contributed by atoms with E-state index in [9.17, 15) is 4.79 Å². The second kappa shape index (κ2) is 5.35. The number of nitrogen functional groups attached to an aromatic ring is 1. The Balaban J connectivity index is 2.18. The Labute approximate surface area is 114 Å². The van der Waals surface area contributed by atoms with Gasteiger partial charge < -0.3 is 5.73 Å². The van der Waals surface area contributed by atoms with E-state index in [1.165, 1.54) is 6.20 Å².